The molecule has 31 heavy (non-hydrogen) atoms. The van der Waals surface area contributed by atoms with Crippen LogP contribution in [0.2, 0.25) is 0 Å². The summed E-state index contributed by atoms with van der Waals surface area (Å²) in [5, 5.41) is 21.6. The number of nitrogens with zero attached hydrogens (tertiary/aromatic N) is 6. The molecule has 0 bridgehead atoms. The Morgan fingerprint density at radius 2 is 1.87 bits per heavy atom. The van der Waals surface area contributed by atoms with Gasteiger partial charge in [-0.1, -0.05) is 29.5 Å². The molecule has 0 fully saturated rings. The van der Waals surface area contributed by atoms with Crippen LogP contribution in [0, 0.1) is 13.8 Å². The lowest BCUT2D eigenvalue weighted by molar-refractivity contribution is -0.138. The second-order valence-electron chi connectivity index (χ2n) is 7.17. The molecule has 1 N–H and O–H groups in total. The van der Waals surface area contributed by atoms with Gasteiger partial charge in [-0.15, -0.1) is 10.2 Å². The molecular formula is C20H20F3N7S. The number of anilines is 2. The normalized spacial score (nSPS) is 12.8. The number of halogens is 3. The first-order valence-electron chi connectivity index (χ1n) is 9.52. The predicted octanol–water partition coefficient (Wildman–Crippen LogP) is 4.97. The molecule has 0 aliphatic carbocycles. The van der Waals surface area contributed by atoms with Crippen molar-refractivity contribution in [1.82, 2.24) is 29.8 Å². The number of nitrogens with one attached hydrogen (secondary N) is 1. The number of alkyl halides is 3. The van der Waals surface area contributed by atoms with E-state index in [1.165, 1.54) is 28.2 Å². The quantitative estimate of drug-likeness (QED) is 0.452. The minimum Gasteiger partial charge on any atom is -0.313 e. The van der Waals surface area contributed by atoms with Crippen molar-refractivity contribution in [2.75, 3.05) is 5.32 Å². The van der Waals surface area contributed by atoms with Crippen molar-refractivity contribution in [2.24, 2.45) is 0 Å². The van der Waals surface area contributed by atoms with E-state index in [1.54, 1.807) is 18.3 Å². The van der Waals surface area contributed by atoms with E-state index in [9.17, 15) is 13.2 Å². The number of aryl methyl sites for hydroxylation is 2. The molecule has 1 atom stereocenters. The SMILES string of the molecule is Cc1cc(C)n(C(C)c2nnc(Nc3ccn(Cc4ccccc4C(F)(F)F)n3)s2)n1. The van der Waals surface area contributed by atoms with Crippen LogP contribution in [0.25, 0.3) is 0 Å². The highest BCUT2D eigenvalue weighted by molar-refractivity contribution is 7.15. The van der Waals surface area contributed by atoms with Gasteiger partial charge in [0.1, 0.15) is 11.0 Å². The molecule has 3 heterocycles. The fourth-order valence-corrected chi connectivity index (χ4v) is 4.12. The molecule has 0 spiro atoms. The van der Waals surface area contributed by atoms with Gasteiger partial charge < -0.3 is 5.32 Å². The Labute approximate surface area is 180 Å². The van der Waals surface area contributed by atoms with E-state index >= 15 is 0 Å². The summed E-state index contributed by atoms with van der Waals surface area (Å²) in [5.41, 5.74) is 1.46. The zero-order chi connectivity index (χ0) is 22.2. The summed E-state index contributed by atoms with van der Waals surface area (Å²) in [6.45, 7) is 5.93. The number of aromatic nitrogens is 6. The molecule has 1 unspecified atom stereocenters. The summed E-state index contributed by atoms with van der Waals surface area (Å²) in [6.07, 6.45) is -2.79. The van der Waals surface area contributed by atoms with Crippen LogP contribution in [-0.4, -0.2) is 29.8 Å². The van der Waals surface area contributed by atoms with Gasteiger partial charge in [-0.3, -0.25) is 9.36 Å². The molecule has 0 saturated heterocycles. The van der Waals surface area contributed by atoms with Gasteiger partial charge in [-0.25, -0.2) is 0 Å². The van der Waals surface area contributed by atoms with E-state index in [0.717, 1.165) is 22.5 Å². The molecule has 162 valence electrons. The molecule has 1 aromatic carbocycles. The third-order valence-electron chi connectivity index (χ3n) is 4.74. The van der Waals surface area contributed by atoms with E-state index in [2.05, 4.69) is 25.7 Å². The van der Waals surface area contributed by atoms with E-state index < -0.39 is 11.7 Å². The van der Waals surface area contributed by atoms with Crippen molar-refractivity contribution < 1.29 is 13.2 Å². The van der Waals surface area contributed by atoms with Crippen LogP contribution in [0.15, 0.2) is 42.6 Å². The van der Waals surface area contributed by atoms with E-state index in [1.807, 2.05) is 31.5 Å². The Morgan fingerprint density at radius 1 is 1.10 bits per heavy atom. The highest BCUT2D eigenvalue weighted by Gasteiger charge is 2.32. The second-order valence-corrected chi connectivity index (χ2v) is 8.18. The Hall–Kier alpha value is -3.21. The molecule has 0 aliphatic heterocycles. The molecule has 0 saturated carbocycles. The molecule has 0 aliphatic rings. The lowest BCUT2D eigenvalue weighted by Crippen LogP contribution is -2.12. The van der Waals surface area contributed by atoms with Crippen molar-refractivity contribution >= 4 is 22.3 Å². The maximum atomic E-state index is 13.2. The van der Waals surface area contributed by atoms with Gasteiger partial charge in [0.25, 0.3) is 0 Å². The summed E-state index contributed by atoms with van der Waals surface area (Å²) in [5.74, 6) is 0.478. The zero-order valence-electron chi connectivity index (χ0n) is 17.1. The Bertz CT molecular complexity index is 1190. The molecular weight excluding hydrogens is 427 g/mol. The monoisotopic (exact) mass is 447 g/mol. The van der Waals surface area contributed by atoms with Crippen molar-refractivity contribution in [3.8, 4) is 0 Å². The summed E-state index contributed by atoms with van der Waals surface area (Å²) >= 11 is 1.38. The average molecular weight is 447 g/mol. The Balaban J connectivity index is 1.46. The minimum absolute atomic E-state index is 0.00763. The van der Waals surface area contributed by atoms with Gasteiger partial charge in [0.15, 0.2) is 5.82 Å². The number of benzene rings is 1. The lowest BCUT2D eigenvalue weighted by atomic mass is 10.1. The van der Waals surface area contributed by atoms with E-state index in [-0.39, 0.29) is 18.2 Å². The van der Waals surface area contributed by atoms with Crippen LogP contribution < -0.4 is 5.32 Å². The van der Waals surface area contributed by atoms with Crippen molar-refractivity contribution in [2.45, 2.75) is 39.5 Å². The maximum absolute atomic E-state index is 13.2. The van der Waals surface area contributed by atoms with Crippen LogP contribution >= 0.6 is 11.3 Å². The average Bonchev–Trinajstić information content (AvgIpc) is 3.42. The van der Waals surface area contributed by atoms with Crippen LogP contribution in [0.4, 0.5) is 24.1 Å². The first kappa shape index (κ1) is 21.0. The smallest absolute Gasteiger partial charge is 0.313 e. The molecule has 3 aromatic heterocycles. The largest absolute Gasteiger partial charge is 0.416 e. The van der Waals surface area contributed by atoms with Crippen molar-refractivity contribution in [1.29, 1.82) is 0 Å². The molecule has 7 nitrogen and oxygen atoms in total. The Morgan fingerprint density at radius 3 is 2.58 bits per heavy atom. The van der Waals surface area contributed by atoms with Crippen LogP contribution in [-0.2, 0) is 12.7 Å². The standard InChI is InChI=1S/C20H20F3N7S/c1-12-10-13(2)30(27-12)14(3)18-25-26-19(31-18)24-17-8-9-29(28-17)11-15-6-4-5-7-16(15)20(21,22)23/h4-10,14H,11H2,1-3H3,(H,24,26,28). The van der Waals surface area contributed by atoms with Gasteiger partial charge in [0, 0.05) is 18.0 Å². The predicted molar refractivity (Wildman–Crippen MR) is 111 cm³/mol. The fourth-order valence-electron chi connectivity index (χ4n) is 3.33. The van der Waals surface area contributed by atoms with Gasteiger partial charge >= 0.3 is 6.18 Å². The fraction of sp³-hybridized carbons (Fsp3) is 0.300. The maximum Gasteiger partial charge on any atom is 0.416 e. The highest BCUT2D eigenvalue weighted by atomic mass is 32.1. The number of rotatable bonds is 6. The van der Waals surface area contributed by atoms with Crippen LogP contribution in [0.5, 0.6) is 0 Å². The molecule has 4 aromatic rings. The third kappa shape index (κ3) is 4.61. The first-order valence-corrected chi connectivity index (χ1v) is 10.3. The molecule has 4 rings (SSSR count). The second kappa shape index (κ2) is 8.14. The van der Waals surface area contributed by atoms with Crippen molar-refractivity contribution in [3.05, 3.63) is 70.1 Å². The molecule has 0 radical (unpaired) electrons. The van der Waals surface area contributed by atoms with Gasteiger partial charge in [0.05, 0.1) is 17.8 Å². The number of hydrogen-bond acceptors (Lipinski definition) is 6. The van der Waals surface area contributed by atoms with E-state index in [4.69, 9.17) is 0 Å². The lowest BCUT2D eigenvalue weighted by Gasteiger charge is -2.12. The minimum atomic E-state index is -4.41. The third-order valence-corrected chi connectivity index (χ3v) is 5.75. The highest BCUT2D eigenvalue weighted by Crippen LogP contribution is 2.32. The van der Waals surface area contributed by atoms with E-state index in [0.29, 0.717) is 10.9 Å². The summed E-state index contributed by atoms with van der Waals surface area (Å²) < 4.78 is 42.9. The van der Waals surface area contributed by atoms with Crippen LogP contribution in [0.1, 0.15) is 40.5 Å². The summed E-state index contributed by atoms with van der Waals surface area (Å²) in [7, 11) is 0. The van der Waals surface area contributed by atoms with Gasteiger partial charge in [-0.05, 0) is 38.5 Å². The molecule has 11 heteroatoms. The Kier molecular flexibility index (Phi) is 5.52. The van der Waals surface area contributed by atoms with Crippen molar-refractivity contribution in [3.63, 3.8) is 0 Å². The summed E-state index contributed by atoms with van der Waals surface area (Å²) in [4.78, 5) is 0. The number of hydrogen-bond donors (Lipinski definition) is 1. The first-order chi connectivity index (χ1) is 14.7. The van der Waals surface area contributed by atoms with Crippen LogP contribution in [0.3, 0.4) is 0 Å². The van der Waals surface area contributed by atoms with Gasteiger partial charge in [0.2, 0.25) is 5.13 Å². The summed E-state index contributed by atoms with van der Waals surface area (Å²) in [6, 6.07) is 9.10. The zero-order valence-corrected chi connectivity index (χ0v) is 17.9. The topological polar surface area (TPSA) is 73.5 Å². The van der Waals surface area contributed by atoms with Gasteiger partial charge in [-0.2, -0.15) is 23.4 Å². The molecule has 0 amide bonds.